The second-order valence-corrected chi connectivity index (χ2v) is 14.7. The van der Waals surface area contributed by atoms with E-state index in [4.69, 9.17) is 18.2 Å². The summed E-state index contributed by atoms with van der Waals surface area (Å²) in [6, 6.07) is 67.5. The molecule has 12 aromatic rings. The van der Waals surface area contributed by atoms with E-state index in [1.165, 1.54) is 16.3 Å². The summed E-state index contributed by atoms with van der Waals surface area (Å²) in [5.41, 5.74) is 13.1. The molecule has 0 amide bonds. The maximum Gasteiger partial charge on any atom is 0.227 e. The van der Waals surface area contributed by atoms with E-state index in [-0.39, 0.29) is 0 Å². The molecule has 0 saturated heterocycles. The van der Waals surface area contributed by atoms with Crippen molar-refractivity contribution in [3.05, 3.63) is 194 Å². The lowest BCUT2D eigenvalue weighted by atomic mass is 9.97. The number of hydrogen-bond donors (Lipinski definition) is 0. The number of hydrogen-bond acceptors (Lipinski definition) is 5. The van der Waals surface area contributed by atoms with Gasteiger partial charge in [0.05, 0.1) is 11.1 Å². The van der Waals surface area contributed by atoms with Crippen LogP contribution in [0.1, 0.15) is 0 Å². The van der Waals surface area contributed by atoms with Gasteiger partial charge in [-0.2, -0.15) is 0 Å². The zero-order valence-corrected chi connectivity index (χ0v) is 31.1. The fourth-order valence-corrected chi connectivity index (χ4v) is 8.65. The van der Waals surface area contributed by atoms with Gasteiger partial charge in [-0.1, -0.05) is 127 Å². The second-order valence-electron chi connectivity index (χ2n) is 14.7. The predicted octanol–water partition coefficient (Wildman–Crippen LogP) is 15.3. The number of oxazole rings is 1. The Balaban J connectivity index is 1.05. The van der Waals surface area contributed by atoms with Crippen LogP contribution in [0.15, 0.2) is 207 Å². The van der Waals surface area contributed by atoms with E-state index in [1.54, 1.807) is 0 Å². The van der Waals surface area contributed by atoms with Gasteiger partial charge in [-0.25, -0.2) is 4.98 Å². The van der Waals surface area contributed by atoms with Crippen LogP contribution in [0.5, 0.6) is 0 Å². The minimum absolute atomic E-state index is 0.582. The highest BCUT2D eigenvalue weighted by Crippen LogP contribution is 2.45. The average molecular weight is 745 g/mol. The minimum Gasteiger partial charge on any atom is -0.456 e. The first kappa shape index (κ1) is 32.4. The summed E-state index contributed by atoms with van der Waals surface area (Å²) in [7, 11) is 0. The first-order valence-corrected chi connectivity index (χ1v) is 19.4. The number of benzene rings is 9. The number of fused-ring (bicyclic) bond motifs is 9. The number of anilines is 3. The molecular weight excluding hydrogens is 713 g/mol. The molecule has 12 rings (SSSR count). The molecule has 5 heteroatoms. The van der Waals surface area contributed by atoms with Crippen LogP contribution in [-0.2, 0) is 0 Å². The van der Waals surface area contributed by atoms with E-state index in [0.717, 1.165) is 94.3 Å². The predicted molar refractivity (Wildman–Crippen MR) is 237 cm³/mol. The van der Waals surface area contributed by atoms with Crippen LogP contribution in [-0.4, -0.2) is 4.98 Å². The number of furan rings is 2. The molecule has 3 heterocycles. The summed E-state index contributed by atoms with van der Waals surface area (Å²) < 4.78 is 19.5. The number of para-hydroxylation sites is 2. The van der Waals surface area contributed by atoms with Crippen LogP contribution in [0.25, 0.3) is 99.5 Å². The number of rotatable bonds is 6. The van der Waals surface area contributed by atoms with E-state index in [9.17, 15) is 0 Å². The van der Waals surface area contributed by atoms with Gasteiger partial charge in [-0.05, 0) is 99.8 Å². The summed E-state index contributed by atoms with van der Waals surface area (Å²) >= 11 is 0. The molecule has 0 aliphatic rings. The summed E-state index contributed by atoms with van der Waals surface area (Å²) in [5.74, 6) is 0.582. The zero-order chi connectivity index (χ0) is 38.2. The van der Waals surface area contributed by atoms with Gasteiger partial charge in [0.25, 0.3) is 0 Å². The van der Waals surface area contributed by atoms with Crippen LogP contribution in [0.3, 0.4) is 0 Å². The lowest BCUT2D eigenvalue weighted by Gasteiger charge is -2.26. The SMILES string of the molecule is c1ccc(-c2nc3c(ccc4oc5cccc(-c6cccc(N(c7ccc(-c8cccc9ccccc89)cc7)c7cccc8c7oc7ccccc78)c6)c5c43)o2)cc1. The molecule has 0 bridgehead atoms. The van der Waals surface area contributed by atoms with Gasteiger partial charge in [0.2, 0.25) is 5.89 Å². The summed E-state index contributed by atoms with van der Waals surface area (Å²) in [5, 5.41) is 6.55. The highest BCUT2D eigenvalue weighted by atomic mass is 16.4. The molecule has 0 aliphatic heterocycles. The van der Waals surface area contributed by atoms with Crippen LogP contribution in [0, 0.1) is 0 Å². The molecular formula is C53H32N2O3. The first-order chi connectivity index (χ1) is 28.7. The Bertz CT molecular complexity index is 3520. The van der Waals surface area contributed by atoms with Gasteiger partial charge in [0.15, 0.2) is 11.2 Å². The van der Waals surface area contributed by atoms with Gasteiger partial charge in [-0.3, -0.25) is 0 Å². The average Bonchev–Trinajstić information content (AvgIpc) is 4.01. The van der Waals surface area contributed by atoms with Crippen molar-refractivity contribution >= 4 is 82.8 Å². The molecule has 0 aliphatic carbocycles. The third-order valence-corrected chi connectivity index (χ3v) is 11.3. The molecule has 0 saturated carbocycles. The van der Waals surface area contributed by atoms with Crippen molar-refractivity contribution in [2.75, 3.05) is 4.90 Å². The van der Waals surface area contributed by atoms with Crippen molar-refractivity contribution in [2.24, 2.45) is 0 Å². The Kier molecular flexibility index (Phi) is 7.16. The first-order valence-electron chi connectivity index (χ1n) is 19.4. The maximum absolute atomic E-state index is 6.66. The van der Waals surface area contributed by atoms with Gasteiger partial charge in [-0.15, -0.1) is 0 Å². The second kappa shape index (κ2) is 12.8. The third kappa shape index (κ3) is 5.07. The van der Waals surface area contributed by atoms with Gasteiger partial charge < -0.3 is 18.2 Å². The lowest BCUT2D eigenvalue weighted by molar-refractivity contribution is 0.619. The van der Waals surface area contributed by atoms with E-state index in [2.05, 4.69) is 138 Å². The molecule has 9 aromatic carbocycles. The standard InChI is InChI=1S/C53H32N2O3/c1-2-13-35(14-3-1)53-54-51-48(58-53)31-30-47-50(51)49-41(21-11-25-46(49)56-47)36-16-8-17-38(32-36)55(44-23-10-22-43-42-19-6-7-24-45(42)57-52(43)44)37-28-26-34(27-29-37)40-20-9-15-33-12-4-5-18-39(33)40/h1-32H. The molecule has 272 valence electrons. The molecule has 0 atom stereocenters. The molecule has 0 fully saturated rings. The number of aromatic nitrogens is 1. The van der Waals surface area contributed by atoms with E-state index >= 15 is 0 Å². The molecule has 3 aromatic heterocycles. The molecule has 5 nitrogen and oxygen atoms in total. The number of nitrogens with zero attached hydrogens (tertiary/aromatic N) is 2. The Morgan fingerprint density at radius 2 is 1.05 bits per heavy atom. The van der Waals surface area contributed by atoms with E-state index in [1.807, 2.05) is 60.7 Å². The van der Waals surface area contributed by atoms with Crippen molar-refractivity contribution in [3.63, 3.8) is 0 Å². The third-order valence-electron chi connectivity index (χ3n) is 11.3. The van der Waals surface area contributed by atoms with Gasteiger partial charge in [0, 0.05) is 33.1 Å². The largest absolute Gasteiger partial charge is 0.456 e. The molecule has 0 radical (unpaired) electrons. The normalized spacial score (nSPS) is 11.8. The van der Waals surface area contributed by atoms with E-state index in [0.29, 0.717) is 5.89 Å². The van der Waals surface area contributed by atoms with Crippen molar-refractivity contribution in [1.82, 2.24) is 4.98 Å². The molecule has 0 spiro atoms. The Morgan fingerprint density at radius 3 is 1.97 bits per heavy atom. The van der Waals surface area contributed by atoms with Crippen LogP contribution in [0.4, 0.5) is 17.1 Å². The van der Waals surface area contributed by atoms with Crippen LogP contribution < -0.4 is 4.90 Å². The Labute approximate surface area is 332 Å². The summed E-state index contributed by atoms with van der Waals surface area (Å²) in [6.45, 7) is 0. The molecule has 0 N–H and O–H groups in total. The van der Waals surface area contributed by atoms with Crippen molar-refractivity contribution < 1.29 is 13.3 Å². The zero-order valence-electron chi connectivity index (χ0n) is 31.1. The summed E-state index contributed by atoms with van der Waals surface area (Å²) in [4.78, 5) is 7.34. The van der Waals surface area contributed by atoms with Crippen molar-refractivity contribution in [1.29, 1.82) is 0 Å². The highest BCUT2D eigenvalue weighted by molar-refractivity contribution is 6.21. The van der Waals surface area contributed by atoms with Crippen LogP contribution >= 0.6 is 0 Å². The fourth-order valence-electron chi connectivity index (χ4n) is 8.65. The van der Waals surface area contributed by atoms with Crippen LogP contribution in [0.2, 0.25) is 0 Å². The minimum atomic E-state index is 0.582. The van der Waals surface area contributed by atoms with Crippen molar-refractivity contribution in [3.8, 4) is 33.7 Å². The molecule has 0 unspecified atom stereocenters. The monoisotopic (exact) mass is 744 g/mol. The Morgan fingerprint density at radius 1 is 0.379 bits per heavy atom. The maximum atomic E-state index is 6.66. The fraction of sp³-hybridized carbons (Fsp3) is 0. The Hall–Kier alpha value is -7.89. The van der Waals surface area contributed by atoms with E-state index < -0.39 is 0 Å². The smallest absolute Gasteiger partial charge is 0.227 e. The van der Waals surface area contributed by atoms with Gasteiger partial charge in [0.1, 0.15) is 22.3 Å². The van der Waals surface area contributed by atoms with Crippen molar-refractivity contribution in [2.45, 2.75) is 0 Å². The highest BCUT2D eigenvalue weighted by Gasteiger charge is 2.22. The lowest BCUT2D eigenvalue weighted by Crippen LogP contribution is -2.10. The topological polar surface area (TPSA) is 55.6 Å². The molecule has 58 heavy (non-hydrogen) atoms. The summed E-state index contributed by atoms with van der Waals surface area (Å²) in [6.07, 6.45) is 0. The quantitative estimate of drug-likeness (QED) is 0.170. The van der Waals surface area contributed by atoms with Gasteiger partial charge >= 0.3 is 0 Å².